The zero-order valence-electron chi connectivity index (χ0n) is 7.55. The monoisotopic (exact) mass is 241 g/mol. The Hall–Kier alpha value is -0.640. The van der Waals surface area contributed by atoms with E-state index in [1.165, 1.54) is 19.3 Å². The van der Waals surface area contributed by atoms with Crippen molar-refractivity contribution in [2.75, 3.05) is 5.32 Å². The van der Waals surface area contributed by atoms with E-state index in [2.05, 4.69) is 31.2 Å². The predicted octanol–water partition coefficient (Wildman–Crippen LogP) is 2.51. The number of anilines is 1. The van der Waals surface area contributed by atoms with Crippen LogP contribution in [0.4, 0.5) is 5.82 Å². The van der Waals surface area contributed by atoms with Crippen LogP contribution < -0.4 is 5.32 Å². The van der Waals surface area contributed by atoms with Crippen molar-refractivity contribution in [3.63, 3.8) is 0 Å². The number of aromatic nitrogens is 2. The summed E-state index contributed by atoms with van der Waals surface area (Å²) in [5.74, 6) is 1.74. The smallest absolute Gasteiger partial charge is 0.144 e. The normalized spacial score (nSPS) is 16.8. The van der Waals surface area contributed by atoms with Gasteiger partial charge in [-0.05, 0) is 42.1 Å². The first kappa shape index (κ1) is 8.94. The van der Waals surface area contributed by atoms with Crippen LogP contribution in [-0.4, -0.2) is 16.0 Å². The maximum Gasteiger partial charge on any atom is 0.144 e. The number of nitrogens with zero attached hydrogens (tertiary/aromatic N) is 2. The van der Waals surface area contributed by atoms with E-state index in [1.807, 2.05) is 6.92 Å². The molecule has 1 heterocycles. The fourth-order valence-electron chi connectivity index (χ4n) is 1.30. The molecule has 2 rings (SSSR count). The van der Waals surface area contributed by atoms with E-state index in [4.69, 9.17) is 0 Å². The van der Waals surface area contributed by atoms with Gasteiger partial charge >= 0.3 is 0 Å². The molecule has 0 bridgehead atoms. The highest BCUT2D eigenvalue weighted by molar-refractivity contribution is 9.10. The molecule has 0 spiro atoms. The van der Waals surface area contributed by atoms with Gasteiger partial charge in [-0.15, -0.1) is 0 Å². The van der Waals surface area contributed by atoms with Gasteiger partial charge < -0.3 is 5.32 Å². The van der Waals surface area contributed by atoms with Gasteiger partial charge in [0.15, 0.2) is 0 Å². The molecule has 4 heteroatoms. The molecule has 1 saturated carbocycles. The van der Waals surface area contributed by atoms with E-state index in [9.17, 15) is 0 Å². The molecule has 1 aliphatic carbocycles. The molecule has 1 aromatic rings. The van der Waals surface area contributed by atoms with Crippen molar-refractivity contribution >= 4 is 21.7 Å². The first-order chi connectivity index (χ1) is 6.25. The predicted molar refractivity (Wildman–Crippen MR) is 55.7 cm³/mol. The van der Waals surface area contributed by atoms with Gasteiger partial charge in [-0.2, -0.15) is 0 Å². The summed E-state index contributed by atoms with van der Waals surface area (Å²) < 4.78 is 0.949. The molecular formula is C9H12BrN3. The highest BCUT2D eigenvalue weighted by Crippen LogP contribution is 2.26. The van der Waals surface area contributed by atoms with E-state index < -0.39 is 0 Å². The topological polar surface area (TPSA) is 37.8 Å². The van der Waals surface area contributed by atoms with Crippen LogP contribution in [0.1, 0.15) is 25.1 Å². The Morgan fingerprint density at radius 2 is 2.31 bits per heavy atom. The standard InChI is InChI=1S/C9H12BrN3/c1-6-11-5-8(10)9(12-6)13-7-3-2-4-7/h5,7H,2-4H2,1H3,(H,11,12,13). The van der Waals surface area contributed by atoms with Gasteiger partial charge in [0.1, 0.15) is 11.6 Å². The van der Waals surface area contributed by atoms with Gasteiger partial charge in [0.2, 0.25) is 0 Å². The van der Waals surface area contributed by atoms with Crippen LogP contribution in [0.5, 0.6) is 0 Å². The summed E-state index contributed by atoms with van der Waals surface area (Å²) in [5.41, 5.74) is 0. The summed E-state index contributed by atoms with van der Waals surface area (Å²) in [6.45, 7) is 1.90. The van der Waals surface area contributed by atoms with Crippen LogP contribution in [0, 0.1) is 6.92 Å². The number of aryl methyl sites for hydroxylation is 1. The lowest BCUT2D eigenvalue weighted by molar-refractivity contribution is 0.444. The minimum atomic E-state index is 0.616. The first-order valence-electron chi connectivity index (χ1n) is 4.51. The average molecular weight is 242 g/mol. The molecule has 0 aromatic carbocycles. The summed E-state index contributed by atoms with van der Waals surface area (Å²) in [4.78, 5) is 8.42. The highest BCUT2D eigenvalue weighted by atomic mass is 79.9. The van der Waals surface area contributed by atoms with Crippen LogP contribution in [0.25, 0.3) is 0 Å². The van der Waals surface area contributed by atoms with Crippen LogP contribution >= 0.6 is 15.9 Å². The van der Waals surface area contributed by atoms with Crippen molar-refractivity contribution in [2.24, 2.45) is 0 Å². The molecule has 0 atom stereocenters. The van der Waals surface area contributed by atoms with Crippen molar-refractivity contribution in [1.29, 1.82) is 0 Å². The Kier molecular flexibility index (Phi) is 2.49. The summed E-state index contributed by atoms with van der Waals surface area (Å²) >= 11 is 3.42. The molecule has 0 saturated heterocycles. The Morgan fingerprint density at radius 1 is 1.54 bits per heavy atom. The Balaban J connectivity index is 2.13. The quantitative estimate of drug-likeness (QED) is 0.865. The Bertz CT molecular complexity index is 310. The minimum absolute atomic E-state index is 0.616. The van der Waals surface area contributed by atoms with E-state index in [0.717, 1.165) is 16.1 Å². The van der Waals surface area contributed by atoms with E-state index in [1.54, 1.807) is 6.20 Å². The summed E-state index contributed by atoms with van der Waals surface area (Å²) in [5, 5.41) is 3.39. The number of halogens is 1. The molecule has 0 aliphatic heterocycles. The van der Waals surface area contributed by atoms with Gasteiger partial charge in [-0.3, -0.25) is 0 Å². The fraction of sp³-hybridized carbons (Fsp3) is 0.556. The van der Waals surface area contributed by atoms with Crippen LogP contribution in [0.3, 0.4) is 0 Å². The molecule has 0 amide bonds. The van der Waals surface area contributed by atoms with Crippen molar-refractivity contribution in [3.8, 4) is 0 Å². The van der Waals surface area contributed by atoms with Gasteiger partial charge in [0.05, 0.1) is 4.47 Å². The lowest BCUT2D eigenvalue weighted by Crippen LogP contribution is -2.27. The second-order valence-corrected chi connectivity index (χ2v) is 4.24. The molecule has 70 valence electrons. The first-order valence-corrected chi connectivity index (χ1v) is 5.30. The fourth-order valence-corrected chi connectivity index (χ4v) is 1.61. The highest BCUT2D eigenvalue weighted by Gasteiger charge is 2.18. The summed E-state index contributed by atoms with van der Waals surface area (Å²) in [6.07, 6.45) is 5.65. The molecule has 0 radical (unpaired) electrons. The lowest BCUT2D eigenvalue weighted by atomic mass is 9.93. The van der Waals surface area contributed by atoms with Gasteiger partial charge in [-0.1, -0.05) is 0 Å². The third-order valence-corrected chi connectivity index (χ3v) is 2.89. The van der Waals surface area contributed by atoms with Crippen molar-refractivity contribution in [1.82, 2.24) is 9.97 Å². The summed E-state index contributed by atoms with van der Waals surface area (Å²) in [6, 6.07) is 0.616. The molecular weight excluding hydrogens is 230 g/mol. The molecule has 3 nitrogen and oxygen atoms in total. The SMILES string of the molecule is Cc1ncc(Br)c(NC2CCC2)n1. The van der Waals surface area contributed by atoms with Crippen molar-refractivity contribution < 1.29 is 0 Å². The van der Waals surface area contributed by atoms with Crippen molar-refractivity contribution in [2.45, 2.75) is 32.2 Å². The van der Waals surface area contributed by atoms with E-state index >= 15 is 0 Å². The minimum Gasteiger partial charge on any atom is -0.366 e. The van der Waals surface area contributed by atoms with Gasteiger partial charge in [0, 0.05) is 12.2 Å². The van der Waals surface area contributed by atoms with Gasteiger partial charge in [-0.25, -0.2) is 9.97 Å². The number of nitrogens with one attached hydrogen (secondary N) is 1. The molecule has 1 N–H and O–H groups in total. The molecule has 1 aliphatic rings. The molecule has 1 aromatic heterocycles. The average Bonchev–Trinajstić information content (AvgIpc) is 2.03. The second-order valence-electron chi connectivity index (χ2n) is 3.39. The maximum atomic E-state index is 4.33. The Labute approximate surface area is 86.1 Å². The molecule has 1 fully saturated rings. The zero-order chi connectivity index (χ0) is 9.26. The van der Waals surface area contributed by atoms with Crippen LogP contribution in [0.2, 0.25) is 0 Å². The van der Waals surface area contributed by atoms with E-state index in [-0.39, 0.29) is 0 Å². The summed E-state index contributed by atoms with van der Waals surface area (Å²) in [7, 11) is 0. The number of hydrogen-bond donors (Lipinski definition) is 1. The number of rotatable bonds is 2. The van der Waals surface area contributed by atoms with E-state index in [0.29, 0.717) is 6.04 Å². The largest absolute Gasteiger partial charge is 0.366 e. The Morgan fingerprint density at radius 3 is 2.92 bits per heavy atom. The lowest BCUT2D eigenvalue weighted by Gasteiger charge is -2.27. The number of hydrogen-bond acceptors (Lipinski definition) is 3. The van der Waals surface area contributed by atoms with Crippen molar-refractivity contribution in [3.05, 3.63) is 16.5 Å². The van der Waals surface area contributed by atoms with Crippen LogP contribution in [0.15, 0.2) is 10.7 Å². The zero-order valence-corrected chi connectivity index (χ0v) is 9.13. The second kappa shape index (κ2) is 3.62. The van der Waals surface area contributed by atoms with Crippen LogP contribution in [-0.2, 0) is 0 Å². The molecule has 0 unspecified atom stereocenters. The third kappa shape index (κ3) is 1.99. The van der Waals surface area contributed by atoms with Gasteiger partial charge in [0.25, 0.3) is 0 Å². The maximum absolute atomic E-state index is 4.33. The molecule has 13 heavy (non-hydrogen) atoms. The third-order valence-electron chi connectivity index (χ3n) is 2.31.